The van der Waals surface area contributed by atoms with Crippen molar-refractivity contribution in [2.75, 3.05) is 5.32 Å². The number of anilines is 1. The molecule has 2 aromatic rings. The van der Waals surface area contributed by atoms with Crippen molar-refractivity contribution in [3.8, 4) is 5.75 Å². The van der Waals surface area contributed by atoms with E-state index in [1.54, 1.807) is 0 Å². The van der Waals surface area contributed by atoms with E-state index in [1.807, 2.05) is 0 Å². The molecule has 0 aliphatic heterocycles. The molecule has 0 bridgehead atoms. The zero-order valence-electron chi connectivity index (χ0n) is 10.3. The number of nitrogens with zero attached hydrogens (tertiary/aromatic N) is 1. The maximum Gasteiger partial charge on any atom is 0.282 e. The molecule has 0 saturated carbocycles. The first-order valence-electron chi connectivity index (χ1n) is 5.62. The number of halogens is 2. The summed E-state index contributed by atoms with van der Waals surface area (Å²) in [5.41, 5.74) is -0.727. The van der Waals surface area contributed by atoms with Crippen molar-refractivity contribution in [3.05, 3.63) is 62.9 Å². The smallest absolute Gasteiger partial charge is 0.282 e. The first-order valence-corrected chi connectivity index (χ1v) is 6.00. The summed E-state index contributed by atoms with van der Waals surface area (Å²) in [6.45, 7) is 0. The summed E-state index contributed by atoms with van der Waals surface area (Å²) < 4.78 is 13.3. The molecular weight excluding hydrogens is 303 g/mol. The van der Waals surface area contributed by atoms with Crippen LogP contribution in [0.3, 0.4) is 0 Å². The Balaban J connectivity index is 2.34. The number of carbonyl (C=O) groups is 1. The number of phenols is 1. The summed E-state index contributed by atoms with van der Waals surface area (Å²) in [7, 11) is 0. The number of aromatic hydroxyl groups is 1. The van der Waals surface area contributed by atoms with Crippen molar-refractivity contribution in [1.29, 1.82) is 0 Å². The van der Waals surface area contributed by atoms with E-state index in [0.29, 0.717) is 0 Å². The number of hydrogen-bond donors (Lipinski definition) is 2. The summed E-state index contributed by atoms with van der Waals surface area (Å²) in [5.74, 6) is -1.88. The van der Waals surface area contributed by atoms with Crippen LogP contribution in [0.1, 0.15) is 10.4 Å². The van der Waals surface area contributed by atoms with Gasteiger partial charge in [0.05, 0.1) is 9.95 Å². The van der Waals surface area contributed by atoms with Gasteiger partial charge in [-0.05, 0) is 30.3 Å². The van der Waals surface area contributed by atoms with Gasteiger partial charge in [-0.1, -0.05) is 11.6 Å². The number of hydrogen-bond acceptors (Lipinski definition) is 4. The third-order valence-corrected chi connectivity index (χ3v) is 2.91. The fourth-order valence-electron chi connectivity index (χ4n) is 1.64. The third kappa shape index (κ3) is 3.26. The molecule has 0 heterocycles. The van der Waals surface area contributed by atoms with Gasteiger partial charge in [0.25, 0.3) is 11.6 Å². The summed E-state index contributed by atoms with van der Waals surface area (Å²) in [4.78, 5) is 22.1. The van der Waals surface area contributed by atoms with E-state index < -0.39 is 22.3 Å². The van der Waals surface area contributed by atoms with Crippen LogP contribution in [0, 0.1) is 15.9 Å². The molecule has 0 aromatic heterocycles. The van der Waals surface area contributed by atoms with E-state index in [-0.39, 0.29) is 22.0 Å². The molecule has 2 aromatic carbocycles. The lowest BCUT2D eigenvalue weighted by molar-refractivity contribution is -0.385. The fraction of sp³-hybridized carbons (Fsp3) is 0. The Morgan fingerprint density at radius 2 is 2.00 bits per heavy atom. The topological polar surface area (TPSA) is 92.5 Å². The highest BCUT2D eigenvalue weighted by Crippen LogP contribution is 2.25. The van der Waals surface area contributed by atoms with Crippen molar-refractivity contribution in [2.24, 2.45) is 0 Å². The molecule has 0 atom stereocenters. The summed E-state index contributed by atoms with van der Waals surface area (Å²) in [6, 6.07) is 6.62. The van der Waals surface area contributed by atoms with Crippen LogP contribution >= 0.6 is 11.6 Å². The molecule has 0 aliphatic carbocycles. The van der Waals surface area contributed by atoms with Crippen LogP contribution in [-0.4, -0.2) is 15.9 Å². The second kappa shape index (κ2) is 5.76. The van der Waals surface area contributed by atoms with Crippen LogP contribution in [0.25, 0.3) is 0 Å². The molecule has 108 valence electrons. The van der Waals surface area contributed by atoms with Gasteiger partial charge in [0, 0.05) is 11.8 Å². The maximum atomic E-state index is 13.3. The minimum Gasteiger partial charge on any atom is -0.508 e. The molecule has 0 saturated heterocycles. The Morgan fingerprint density at radius 1 is 1.29 bits per heavy atom. The van der Waals surface area contributed by atoms with E-state index in [9.17, 15) is 24.4 Å². The first kappa shape index (κ1) is 14.7. The van der Waals surface area contributed by atoms with Crippen LogP contribution < -0.4 is 5.32 Å². The van der Waals surface area contributed by atoms with Crippen LogP contribution in [0.15, 0.2) is 36.4 Å². The molecule has 1 amide bonds. The van der Waals surface area contributed by atoms with Gasteiger partial charge in [0.1, 0.15) is 17.1 Å². The van der Waals surface area contributed by atoms with Gasteiger partial charge < -0.3 is 10.4 Å². The lowest BCUT2D eigenvalue weighted by Crippen LogP contribution is -2.14. The van der Waals surface area contributed by atoms with Crippen molar-refractivity contribution < 1.29 is 19.2 Å². The molecule has 0 unspecified atom stereocenters. The number of phenolic OH excluding ortho intramolecular Hbond substituents is 1. The van der Waals surface area contributed by atoms with E-state index in [2.05, 4.69) is 5.32 Å². The molecule has 0 fully saturated rings. The quantitative estimate of drug-likeness (QED) is 0.671. The van der Waals surface area contributed by atoms with E-state index in [0.717, 1.165) is 24.3 Å². The first-order chi connectivity index (χ1) is 9.88. The average molecular weight is 311 g/mol. The van der Waals surface area contributed by atoms with Gasteiger partial charge in [-0.2, -0.15) is 0 Å². The maximum absolute atomic E-state index is 13.3. The molecule has 21 heavy (non-hydrogen) atoms. The van der Waals surface area contributed by atoms with E-state index >= 15 is 0 Å². The minimum atomic E-state index is -0.848. The number of nitro benzene ring substituents is 1. The Hall–Kier alpha value is -2.67. The number of nitrogens with one attached hydrogen (secondary N) is 1. The predicted octanol–water partition coefficient (Wildman–Crippen LogP) is 3.35. The second-order valence-corrected chi connectivity index (χ2v) is 4.45. The summed E-state index contributed by atoms with van der Waals surface area (Å²) >= 11 is 5.51. The van der Waals surface area contributed by atoms with Crippen LogP contribution in [-0.2, 0) is 0 Å². The molecule has 8 heteroatoms. The minimum absolute atomic E-state index is 0.0829. The normalized spacial score (nSPS) is 10.2. The third-order valence-electron chi connectivity index (χ3n) is 2.60. The Labute approximate surface area is 122 Å². The zero-order chi connectivity index (χ0) is 15.6. The largest absolute Gasteiger partial charge is 0.508 e. The monoisotopic (exact) mass is 310 g/mol. The van der Waals surface area contributed by atoms with Crippen LogP contribution in [0.2, 0.25) is 5.02 Å². The van der Waals surface area contributed by atoms with E-state index in [4.69, 9.17) is 11.6 Å². The van der Waals surface area contributed by atoms with Crippen molar-refractivity contribution >= 4 is 28.9 Å². The lowest BCUT2D eigenvalue weighted by Gasteiger charge is -2.07. The van der Waals surface area contributed by atoms with Crippen molar-refractivity contribution in [1.82, 2.24) is 0 Å². The van der Waals surface area contributed by atoms with Crippen molar-refractivity contribution in [2.45, 2.75) is 0 Å². The Kier molecular flexibility index (Phi) is 4.04. The molecule has 0 aliphatic rings. The van der Waals surface area contributed by atoms with Crippen LogP contribution in [0.4, 0.5) is 15.8 Å². The highest BCUT2D eigenvalue weighted by atomic mass is 35.5. The zero-order valence-corrected chi connectivity index (χ0v) is 11.1. The number of amides is 1. The number of carbonyl (C=O) groups excluding carboxylic acids is 1. The lowest BCUT2D eigenvalue weighted by atomic mass is 10.1. The second-order valence-electron chi connectivity index (χ2n) is 4.04. The predicted molar refractivity (Wildman–Crippen MR) is 74.1 cm³/mol. The molecule has 2 N–H and O–H groups in total. The van der Waals surface area contributed by atoms with Gasteiger partial charge >= 0.3 is 0 Å². The molecular formula is C13H8ClFN2O4. The number of nitro groups is 1. The summed E-state index contributed by atoms with van der Waals surface area (Å²) in [5, 5.41) is 22.4. The van der Waals surface area contributed by atoms with Gasteiger partial charge in [0.15, 0.2) is 0 Å². The van der Waals surface area contributed by atoms with Gasteiger partial charge in [0.2, 0.25) is 0 Å². The fourth-order valence-corrected chi connectivity index (χ4v) is 1.75. The number of rotatable bonds is 3. The van der Waals surface area contributed by atoms with Crippen molar-refractivity contribution in [3.63, 3.8) is 0 Å². The highest BCUT2D eigenvalue weighted by Gasteiger charge is 2.21. The molecule has 6 nitrogen and oxygen atoms in total. The molecule has 2 rings (SSSR count). The van der Waals surface area contributed by atoms with Gasteiger partial charge in [-0.25, -0.2) is 4.39 Å². The van der Waals surface area contributed by atoms with E-state index in [1.165, 1.54) is 12.1 Å². The average Bonchev–Trinajstić information content (AvgIpc) is 2.42. The standard InChI is InChI=1S/C13H8ClFN2O4/c14-10-3-1-7(5-11(10)15)16-13(19)9-6-8(18)2-4-12(9)17(20)21/h1-6,18H,(H,16,19). The SMILES string of the molecule is O=C(Nc1ccc(Cl)c(F)c1)c1cc(O)ccc1[N+](=O)[O-]. The van der Waals surface area contributed by atoms with Gasteiger partial charge in [-0.3, -0.25) is 14.9 Å². The molecule has 0 radical (unpaired) electrons. The number of benzene rings is 2. The Bertz CT molecular complexity index is 736. The molecule has 0 spiro atoms. The van der Waals surface area contributed by atoms with Crippen LogP contribution in [0.5, 0.6) is 5.75 Å². The van der Waals surface area contributed by atoms with Gasteiger partial charge in [-0.15, -0.1) is 0 Å². The Morgan fingerprint density at radius 3 is 2.62 bits per heavy atom. The highest BCUT2D eigenvalue weighted by molar-refractivity contribution is 6.30. The summed E-state index contributed by atoms with van der Waals surface area (Å²) in [6.07, 6.45) is 0.